The number of aliphatic hydroxyl groups excluding tert-OH is 2. The van der Waals surface area contributed by atoms with Crippen LogP contribution < -0.4 is 53.4 Å². The fourth-order valence-corrected chi connectivity index (χ4v) is 10.5. The molecule has 4 unspecified atom stereocenters. The Morgan fingerprint density at radius 1 is 0.796 bits per heavy atom. The summed E-state index contributed by atoms with van der Waals surface area (Å²) in [5.41, 5.74) is 14.0. The van der Waals surface area contributed by atoms with Crippen molar-refractivity contribution in [2.45, 2.75) is 134 Å². The number of nitrogens with two attached hydrogens (primary N) is 2. The van der Waals surface area contributed by atoms with Crippen LogP contribution in [0.15, 0.2) is 138 Å². The van der Waals surface area contributed by atoms with Crippen molar-refractivity contribution in [1.29, 1.82) is 0 Å². The minimum atomic E-state index is -5.05. The smallest absolute Gasteiger partial charge is 0.493 e. The van der Waals surface area contributed by atoms with Crippen LogP contribution in [0, 0.1) is 5.92 Å². The van der Waals surface area contributed by atoms with Gasteiger partial charge in [-0.2, -0.15) is 9.61 Å². The number of rotatable bonds is 33. The van der Waals surface area contributed by atoms with Gasteiger partial charge in [-0.25, -0.2) is 24.4 Å². The number of phosphoric acid groups is 1. The van der Waals surface area contributed by atoms with E-state index in [0.717, 1.165) is 38.1 Å². The average Bonchev–Trinajstić information content (AvgIpc) is 1.26. The number of nitrogen functional groups attached to an aromatic ring is 1. The third kappa shape index (κ3) is 21.6. The zero-order valence-electron chi connectivity index (χ0n) is 52.6. The van der Waals surface area contributed by atoms with Gasteiger partial charge in [-0.1, -0.05) is 111 Å². The first kappa shape index (κ1) is 71.5. The Kier molecular flexibility index (Phi) is 26.2. The van der Waals surface area contributed by atoms with Crippen LogP contribution in [0.1, 0.15) is 91.4 Å². The van der Waals surface area contributed by atoms with Crippen LogP contribution in [-0.2, 0) is 53.7 Å². The van der Waals surface area contributed by atoms with Gasteiger partial charge in [0.15, 0.2) is 12.8 Å². The number of esters is 1. The molecule has 8 atom stereocenters. The molecule has 1 aliphatic heterocycles. The summed E-state index contributed by atoms with van der Waals surface area (Å²) < 4.78 is 52.9. The van der Waals surface area contributed by atoms with E-state index in [2.05, 4.69) is 51.7 Å². The number of fused-ring (bicyclic) bond motifs is 2. The summed E-state index contributed by atoms with van der Waals surface area (Å²) in [4.78, 5) is 100.0. The summed E-state index contributed by atoms with van der Waals surface area (Å²) in [6.45, 7) is 12.1. The lowest BCUT2D eigenvalue weighted by atomic mass is 9.92. The van der Waals surface area contributed by atoms with Crippen molar-refractivity contribution in [3.05, 3.63) is 144 Å². The number of aromatic nitrogens is 2. The fourth-order valence-electron chi connectivity index (χ4n) is 9.86. The number of hydroxylamine groups is 1. The highest BCUT2D eigenvalue weighted by molar-refractivity contribution is 7.47. The van der Waals surface area contributed by atoms with Gasteiger partial charge >= 0.3 is 25.6 Å². The number of carbonyl (C=O) groups excluding carboxylic acids is 5. The summed E-state index contributed by atoms with van der Waals surface area (Å²) in [5, 5.41) is 35.7. The molecule has 1 aliphatic rings. The van der Waals surface area contributed by atoms with Crippen LogP contribution in [0.4, 0.5) is 10.6 Å². The number of unbranched alkanes of at least 4 members (excludes halogenated alkanes) is 1. The Balaban J connectivity index is 1.08. The van der Waals surface area contributed by atoms with Crippen molar-refractivity contribution in [1.82, 2.24) is 36.3 Å². The predicted molar refractivity (Wildman–Crippen MR) is 347 cm³/mol. The van der Waals surface area contributed by atoms with Crippen LogP contribution in [-0.4, -0.2) is 135 Å². The van der Waals surface area contributed by atoms with Crippen molar-refractivity contribution in [3.8, 4) is 22.6 Å². The topological polar surface area (TPSA) is 387 Å². The Bertz CT molecular complexity index is 3680. The number of hydrogen-bond donors (Lipinski definition) is 10. The molecule has 7 rings (SSSR count). The number of nitrogens with one attached hydrogen (secondary N) is 5. The van der Waals surface area contributed by atoms with Crippen LogP contribution in [0.2, 0.25) is 0 Å². The zero-order valence-corrected chi connectivity index (χ0v) is 53.5. The second-order valence-corrected chi connectivity index (χ2v) is 24.8. The van der Waals surface area contributed by atoms with Crippen molar-refractivity contribution in [3.63, 3.8) is 0 Å². The molecule has 0 radical (unpaired) electrons. The van der Waals surface area contributed by atoms with E-state index in [4.69, 9.17) is 44.3 Å². The van der Waals surface area contributed by atoms with Gasteiger partial charge in [0.1, 0.15) is 66.0 Å². The fraction of sp³-hybridized carbons (Fsp3) is 0.415. The number of alkyl carbamates (subject to hydrolysis) is 1. The second-order valence-electron chi connectivity index (χ2n) is 23.4. The summed E-state index contributed by atoms with van der Waals surface area (Å²) in [5.74, 6) is -2.37. The van der Waals surface area contributed by atoms with Gasteiger partial charge in [0.2, 0.25) is 17.8 Å². The number of phosphoric ester groups is 1. The Hall–Kier alpha value is -8.95. The summed E-state index contributed by atoms with van der Waals surface area (Å²) in [6, 6.07) is 29.4. The molecule has 5 aromatic carbocycles. The number of anilines is 1. The second kappa shape index (κ2) is 34.1. The minimum absolute atomic E-state index is 0.00540. The lowest BCUT2D eigenvalue weighted by molar-refractivity contribution is -0.149. The number of nitrogens with zero attached hydrogens (tertiary/aromatic N) is 3. The van der Waals surface area contributed by atoms with E-state index >= 15 is 0 Å². The zero-order chi connectivity index (χ0) is 67.2. The van der Waals surface area contributed by atoms with Gasteiger partial charge in [0, 0.05) is 30.4 Å². The van der Waals surface area contributed by atoms with Gasteiger partial charge in [-0.05, 0) is 117 Å². The first-order valence-electron chi connectivity index (χ1n) is 30.5. The van der Waals surface area contributed by atoms with Gasteiger partial charge < -0.3 is 71.5 Å². The van der Waals surface area contributed by atoms with Crippen molar-refractivity contribution < 1.29 is 76.5 Å². The van der Waals surface area contributed by atoms with Crippen LogP contribution in [0.25, 0.3) is 32.7 Å². The number of aliphatic imine (C=N–C) groups is 1. The summed E-state index contributed by atoms with van der Waals surface area (Å²) in [6.07, 6.45) is -3.11. The van der Waals surface area contributed by atoms with Crippen molar-refractivity contribution in [2.24, 2.45) is 16.6 Å². The molecular weight excluding hydrogens is 1220 g/mol. The van der Waals surface area contributed by atoms with E-state index in [1.165, 1.54) is 18.3 Å². The highest BCUT2D eigenvalue weighted by Gasteiger charge is 2.45. The lowest BCUT2D eigenvalue weighted by Crippen LogP contribution is -2.56. The molecule has 1 fully saturated rings. The summed E-state index contributed by atoms with van der Waals surface area (Å²) >= 11 is 0. The van der Waals surface area contributed by atoms with Crippen molar-refractivity contribution in [2.75, 3.05) is 38.6 Å². The number of hydrogen-bond acceptors (Lipinski definition) is 19. The number of carbonyl (C=O) groups is 5. The molecule has 1 saturated heterocycles. The van der Waals surface area contributed by atoms with Gasteiger partial charge in [0.25, 0.3) is 5.91 Å². The molecule has 6 aromatic rings. The monoisotopic (exact) mass is 1310 g/mol. The molecule has 4 amide bonds. The maximum atomic E-state index is 14.7. The first-order chi connectivity index (χ1) is 44.4. The van der Waals surface area contributed by atoms with Crippen LogP contribution in [0.3, 0.4) is 0 Å². The predicted octanol–water partition coefficient (Wildman–Crippen LogP) is 6.12. The van der Waals surface area contributed by atoms with Gasteiger partial charge in [-0.15, -0.1) is 6.58 Å². The molecule has 12 N–H and O–H groups in total. The summed E-state index contributed by atoms with van der Waals surface area (Å²) in [7, 11) is -5.05. The number of benzene rings is 5. The largest absolute Gasteiger partial charge is 0.493 e. The van der Waals surface area contributed by atoms with E-state index in [-0.39, 0.29) is 57.6 Å². The van der Waals surface area contributed by atoms with E-state index in [1.807, 2.05) is 72.2 Å². The molecule has 0 aliphatic carbocycles. The number of amides is 4. The number of guanidine groups is 1. The molecule has 0 saturated carbocycles. The Labute approximate surface area is 538 Å². The Morgan fingerprint density at radius 3 is 2.04 bits per heavy atom. The first-order valence-corrected chi connectivity index (χ1v) is 32.0. The third-order valence-electron chi connectivity index (χ3n) is 14.5. The molecule has 0 spiro atoms. The van der Waals surface area contributed by atoms with E-state index in [1.54, 1.807) is 57.2 Å². The quantitative estimate of drug-likeness (QED) is 0.00421. The van der Waals surface area contributed by atoms with E-state index in [9.17, 15) is 48.4 Å². The molecular formula is C65H83N10O17P. The van der Waals surface area contributed by atoms with E-state index < -0.39 is 111 Å². The molecule has 2 heterocycles. The average molecular weight is 1310 g/mol. The third-order valence-corrected chi connectivity index (χ3v) is 15.3. The molecule has 1 aromatic heterocycles. The normalized spacial score (nSPS) is 17.3. The lowest BCUT2D eigenvalue weighted by Gasteiger charge is -2.25. The molecule has 500 valence electrons. The number of ether oxygens (including phenoxy) is 5. The minimum Gasteiger partial charge on any atom is -0.493 e. The van der Waals surface area contributed by atoms with Crippen LogP contribution >= 0.6 is 7.82 Å². The van der Waals surface area contributed by atoms with E-state index in [0.29, 0.717) is 41.6 Å². The standard InChI is InChI=1S/C65H83N10O17P/c1-7-18-48(61(81)88-37-41-19-9-8-10-20-41)72-59(80)47(26-17-34-68-62(67)74-92-93(84,85)89-38-51-56(77)57(78)60(90-51)75-35-31-52(66)73-63(75)82)71-58(79)46(25-15-16-33-69-64(83)91-65(4,5)6)70-53(76)39-87-50-30-28-43-22-12-14-24-45(43)55(50)54-44-23-13-11-21-42(44)27-29-49(54)86-36-32-40(2)3/h7-14,19-24,27-31,35,40,46-48,51,56-57,60,77-78H,1,15-18,25-26,32-34,36-39H2,2-6H3,(H,69,83)(H,70,76)(H,71,79)(H,72,80)(H,84,85)(H2,66,73,82)(H3,67,68,74)/t46?,47?,48?,51-,56-,57-,60-/m1/s1. The molecule has 93 heavy (non-hydrogen) atoms. The maximum absolute atomic E-state index is 14.7. The highest BCUT2D eigenvalue weighted by Crippen LogP contribution is 2.46. The number of aliphatic hydroxyl groups is 2. The van der Waals surface area contributed by atoms with Gasteiger partial charge in [0.05, 0.1) is 13.2 Å². The maximum Gasteiger partial charge on any atom is 0.493 e. The van der Waals surface area contributed by atoms with Gasteiger partial charge in [-0.3, -0.25) is 28.5 Å². The Morgan fingerprint density at radius 2 is 1.41 bits per heavy atom. The molecule has 28 heteroatoms. The molecule has 0 bridgehead atoms. The van der Waals surface area contributed by atoms with Crippen LogP contribution in [0.5, 0.6) is 11.5 Å². The SMILES string of the molecule is C=CCC(NC(=O)C(CCCN=C(N)NOP(=O)(O)OC[C@H]1O[C@@H](n2ccc(N)nc2=O)[C@H](O)[C@@H]1O)NC(=O)C(CCCCNC(=O)OC(C)(C)C)NC(=O)COc1ccc2ccccc2c1-c1c(OCCC(C)C)ccc2ccccc12)C(=O)OCc1ccccc1. The van der Waals surface area contributed by atoms with Crippen molar-refractivity contribution >= 4 is 70.9 Å². The molecule has 27 nitrogen and oxygen atoms in total. The highest BCUT2D eigenvalue weighted by atomic mass is 31.2.